The van der Waals surface area contributed by atoms with Crippen molar-refractivity contribution in [2.24, 2.45) is 0 Å². The normalized spacial score (nSPS) is 10.6. The summed E-state index contributed by atoms with van der Waals surface area (Å²) in [5.41, 5.74) is 0.324. The minimum atomic E-state index is -0.554. The number of carbonyl (C=O) groups is 2. The van der Waals surface area contributed by atoms with Gasteiger partial charge in [0.1, 0.15) is 10.6 Å². The SMILES string of the molecule is CCOC(=O)c1cccc(OC(=O)c2sc3ccccc3c2Cl)c1. The van der Waals surface area contributed by atoms with Gasteiger partial charge in [0, 0.05) is 10.1 Å². The Bertz CT molecular complexity index is 916. The summed E-state index contributed by atoms with van der Waals surface area (Å²) >= 11 is 7.55. The van der Waals surface area contributed by atoms with E-state index in [1.165, 1.54) is 17.4 Å². The van der Waals surface area contributed by atoms with Gasteiger partial charge in [-0.15, -0.1) is 11.3 Å². The highest BCUT2D eigenvalue weighted by molar-refractivity contribution is 7.21. The van der Waals surface area contributed by atoms with E-state index in [0.717, 1.165) is 10.1 Å². The van der Waals surface area contributed by atoms with Gasteiger partial charge in [-0.3, -0.25) is 0 Å². The Balaban J connectivity index is 1.85. The number of rotatable bonds is 4. The fourth-order valence-electron chi connectivity index (χ4n) is 2.20. The Hall–Kier alpha value is -2.37. The fraction of sp³-hybridized carbons (Fsp3) is 0.111. The van der Waals surface area contributed by atoms with Gasteiger partial charge in [-0.05, 0) is 31.2 Å². The molecule has 4 nitrogen and oxygen atoms in total. The molecule has 0 atom stereocenters. The topological polar surface area (TPSA) is 52.6 Å². The minimum absolute atomic E-state index is 0.263. The third-order valence-electron chi connectivity index (χ3n) is 3.28. The summed E-state index contributed by atoms with van der Waals surface area (Å²) in [6, 6.07) is 13.8. The van der Waals surface area contributed by atoms with E-state index in [4.69, 9.17) is 21.1 Å². The molecular weight excluding hydrogens is 348 g/mol. The second-order valence-electron chi connectivity index (χ2n) is 4.88. The molecule has 0 amide bonds. The van der Waals surface area contributed by atoms with E-state index in [-0.39, 0.29) is 12.4 Å². The third-order valence-corrected chi connectivity index (χ3v) is 4.93. The zero-order valence-electron chi connectivity index (χ0n) is 12.7. The molecule has 1 aromatic heterocycles. The molecule has 0 aliphatic heterocycles. The molecule has 0 aliphatic rings. The monoisotopic (exact) mass is 360 g/mol. The van der Waals surface area contributed by atoms with E-state index in [9.17, 15) is 9.59 Å². The molecule has 3 rings (SSSR count). The Kier molecular flexibility index (Phi) is 4.83. The number of hydrogen-bond donors (Lipinski definition) is 0. The van der Waals surface area contributed by atoms with Crippen molar-refractivity contribution in [3.63, 3.8) is 0 Å². The van der Waals surface area contributed by atoms with E-state index >= 15 is 0 Å². The summed E-state index contributed by atoms with van der Waals surface area (Å²) in [5.74, 6) is -0.753. The van der Waals surface area contributed by atoms with Crippen molar-refractivity contribution in [2.45, 2.75) is 6.92 Å². The largest absolute Gasteiger partial charge is 0.462 e. The van der Waals surface area contributed by atoms with Crippen LogP contribution in [-0.4, -0.2) is 18.5 Å². The van der Waals surface area contributed by atoms with Crippen LogP contribution in [0.4, 0.5) is 0 Å². The zero-order valence-corrected chi connectivity index (χ0v) is 14.3. The molecule has 0 radical (unpaired) electrons. The summed E-state index contributed by atoms with van der Waals surface area (Å²) in [6.45, 7) is 2.01. The van der Waals surface area contributed by atoms with E-state index in [1.54, 1.807) is 25.1 Å². The fourth-order valence-corrected chi connectivity index (χ4v) is 3.58. The lowest BCUT2D eigenvalue weighted by Crippen LogP contribution is -2.09. The highest BCUT2D eigenvalue weighted by Gasteiger charge is 2.19. The summed E-state index contributed by atoms with van der Waals surface area (Å²) in [5, 5.41) is 1.19. The summed E-state index contributed by atoms with van der Waals surface area (Å²) in [7, 11) is 0. The molecule has 0 saturated carbocycles. The van der Waals surface area contributed by atoms with Crippen molar-refractivity contribution in [1.82, 2.24) is 0 Å². The van der Waals surface area contributed by atoms with Crippen molar-refractivity contribution in [3.05, 3.63) is 64.0 Å². The van der Waals surface area contributed by atoms with Crippen LogP contribution in [0.25, 0.3) is 10.1 Å². The van der Waals surface area contributed by atoms with Crippen molar-refractivity contribution in [2.75, 3.05) is 6.61 Å². The molecule has 0 fully saturated rings. The van der Waals surface area contributed by atoms with Gasteiger partial charge in [-0.25, -0.2) is 9.59 Å². The lowest BCUT2D eigenvalue weighted by atomic mass is 10.2. The maximum Gasteiger partial charge on any atom is 0.355 e. The van der Waals surface area contributed by atoms with E-state index < -0.39 is 11.9 Å². The van der Waals surface area contributed by atoms with Crippen LogP contribution in [0, 0.1) is 0 Å². The Labute approximate surface area is 147 Å². The summed E-state index contributed by atoms with van der Waals surface area (Å²) in [4.78, 5) is 24.5. The Morgan fingerprint density at radius 1 is 1.08 bits per heavy atom. The maximum absolute atomic E-state index is 12.4. The van der Waals surface area contributed by atoms with Crippen molar-refractivity contribution < 1.29 is 19.1 Å². The number of halogens is 1. The second-order valence-corrected chi connectivity index (χ2v) is 6.31. The number of fused-ring (bicyclic) bond motifs is 1. The molecule has 6 heteroatoms. The highest BCUT2D eigenvalue weighted by Crippen LogP contribution is 2.35. The number of thiophene rings is 1. The zero-order chi connectivity index (χ0) is 17.1. The van der Waals surface area contributed by atoms with Gasteiger partial charge >= 0.3 is 11.9 Å². The molecule has 3 aromatic rings. The van der Waals surface area contributed by atoms with Crippen LogP contribution in [-0.2, 0) is 4.74 Å². The van der Waals surface area contributed by atoms with Gasteiger partial charge in [0.2, 0.25) is 0 Å². The lowest BCUT2D eigenvalue weighted by molar-refractivity contribution is 0.0524. The van der Waals surface area contributed by atoms with Gasteiger partial charge in [0.15, 0.2) is 0 Å². The Morgan fingerprint density at radius 2 is 1.88 bits per heavy atom. The van der Waals surface area contributed by atoms with E-state index in [2.05, 4.69) is 0 Å². The molecule has 0 unspecified atom stereocenters. The van der Waals surface area contributed by atoms with Crippen molar-refractivity contribution >= 4 is 45.0 Å². The molecule has 0 N–H and O–H groups in total. The van der Waals surface area contributed by atoms with Gasteiger partial charge in [-0.1, -0.05) is 35.9 Å². The molecule has 24 heavy (non-hydrogen) atoms. The first-order chi connectivity index (χ1) is 11.6. The predicted octanol–water partition coefficient (Wildman–Crippen LogP) is 4.95. The second kappa shape index (κ2) is 7.03. The molecule has 122 valence electrons. The standard InChI is InChI=1S/C18H13ClO4S/c1-2-22-17(20)11-6-5-7-12(10-11)23-18(21)16-15(19)13-8-3-4-9-14(13)24-16/h3-10H,2H2,1H3. The first-order valence-electron chi connectivity index (χ1n) is 7.26. The molecule has 1 heterocycles. The minimum Gasteiger partial charge on any atom is -0.462 e. The average Bonchev–Trinajstić information content (AvgIpc) is 2.93. The highest BCUT2D eigenvalue weighted by atomic mass is 35.5. The number of carbonyl (C=O) groups excluding carboxylic acids is 2. The number of benzene rings is 2. The number of esters is 2. The molecular formula is C18H13ClO4S. The van der Waals surface area contributed by atoms with E-state index in [1.807, 2.05) is 24.3 Å². The van der Waals surface area contributed by atoms with Crippen LogP contribution in [0.15, 0.2) is 48.5 Å². The molecule has 2 aromatic carbocycles. The summed E-state index contributed by atoms with van der Waals surface area (Å²) in [6.07, 6.45) is 0. The van der Waals surface area contributed by atoms with Crippen LogP contribution >= 0.6 is 22.9 Å². The van der Waals surface area contributed by atoms with Gasteiger partial charge < -0.3 is 9.47 Å². The van der Waals surface area contributed by atoms with E-state index in [0.29, 0.717) is 15.5 Å². The van der Waals surface area contributed by atoms with Gasteiger partial charge in [0.05, 0.1) is 17.2 Å². The average molecular weight is 361 g/mol. The Morgan fingerprint density at radius 3 is 2.62 bits per heavy atom. The molecule has 0 aliphatic carbocycles. The van der Waals surface area contributed by atoms with Gasteiger partial charge in [-0.2, -0.15) is 0 Å². The smallest absolute Gasteiger partial charge is 0.355 e. The van der Waals surface area contributed by atoms with Crippen LogP contribution in [0.2, 0.25) is 5.02 Å². The molecule has 0 saturated heterocycles. The number of hydrogen-bond acceptors (Lipinski definition) is 5. The third kappa shape index (κ3) is 3.27. The van der Waals surface area contributed by atoms with Gasteiger partial charge in [0.25, 0.3) is 0 Å². The molecule has 0 spiro atoms. The lowest BCUT2D eigenvalue weighted by Gasteiger charge is -2.06. The van der Waals surface area contributed by atoms with Crippen LogP contribution in [0.1, 0.15) is 27.0 Å². The van der Waals surface area contributed by atoms with Crippen LogP contribution in [0.3, 0.4) is 0 Å². The summed E-state index contributed by atoms with van der Waals surface area (Å²) < 4.78 is 11.2. The van der Waals surface area contributed by atoms with Crippen molar-refractivity contribution in [3.8, 4) is 5.75 Å². The van der Waals surface area contributed by atoms with Crippen LogP contribution < -0.4 is 4.74 Å². The van der Waals surface area contributed by atoms with Crippen molar-refractivity contribution in [1.29, 1.82) is 0 Å². The first kappa shape index (κ1) is 16.5. The molecule has 0 bridgehead atoms. The maximum atomic E-state index is 12.4. The number of ether oxygens (including phenoxy) is 2. The predicted molar refractivity (Wildman–Crippen MR) is 94.2 cm³/mol. The first-order valence-corrected chi connectivity index (χ1v) is 8.46. The van der Waals surface area contributed by atoms with Crippen LogP contribution in [0.5, 0.6) is 5.75 Å². The quantitative estimate of drug-likeness (QED) is 0.488.